The monoisotopic (exact) mass is 308 g/mol. The molecule has 4 nitrogen and oxygen atoms in total. The van der Waals surface area contributed by atoms with Gasteiger partial charge in [-0.2, -0.15) is 0 Å². The number of amides is 2. The summed E-state index contributed by atoms with van der Waals surface area (Å²) in [7, 11) is 0. The van der Waals surface area contributed by atoms with Crippen molar-refractivity contribution in [2.45, 2.75) is 19.4 Å². The molecule has 0 bridgehead atoms. The number of hydrogen-bond donors (Lipinski definition) is 1. The largest absolute Gasteiger partial charge is 0.356 e. The Labute approximate surface area is 136 Å². The fourth-order valence-corrected chi connectivity index (χ4v) is 3.11. The van der Waals surface area contributed by atoms with Crippen molar-refractivity contribution in [3.63, 3.8) is 0 Å². The first-order valence-corrected chi connectivity index (χ1v) is 7.88. The third-order valence-corrected chi connectivity index (χ3v) is 4.12. The number of carbonyl (C=O) groups is 2. The molecule has 0 aromatic heterocycles. The zero-order chi connectivity index (χ0) is 16.2. The average Bonchev–Trinajstić information content (AvgIpc) is 2.85. The first-order chi connectivity index (χ1) is 11.2. The van der Waals surface area contributed by atoms with Gasteiger partial charge in [-0.15, -0.1) is 0 Å². The maximum atomic E-state index is 12.7. The molecular formula is C19H20N2O2. The van der Waals surface area contributed by atoms with Crippen LogP contribution in [0.4, 0.5) is 0 Å². The second kappa shape index (κ2) is 6.65. The molecule has 118 valence electrons. The van der Waals surface area contributed by atoms with Gasteiger partial charge in [-0.25, -0.2) is 0 Å². The third-order valence-electron chi connectivity index (χ3n) is 4.12. The number of hydrogen-bond acceptors (Lipinski definition) is 2. The molecule has 0 saturated carbocycles. The number of fused-ring (bicyclic) bond motifs is 1. The summed E-state index contributed by atoms with van der Waals surface area (Å²) in [6.45, 7) is 2.70. The summed E-state index contributed by atoms with van der Waals surface area (Å²) in [5, 5.41) is 2.78. The Bertz CT molecular complexity index is 712. The van der Waals surface area contributed by atoms with Gasteiger partial charge in [0.05, 0.1) is 6.04 Å². The number of nitrogens with one attached hydrogen (secondary N) is 1. The lowest BCUT2D eigenvalue weighted by atomic mass is 9.98. The van der Waals surface area contributed by atoms with Gasteiger partial charge >= 0.3 is 0 Å². The lowest BCUT2D eigenvalue weighted by Gasteiger charge is -2.26. The van der Waals surface area contributed by atoms with Gasteiger partial charge in [-0.1, -0.05) is 48.5 Å². The average molecular weight is 308 g/mol. The summed E-state index contributed by atoms with van der Waals surface area (Å²) in [5.41, 5.74) is 2.95. The summed E-state index contributed by atoms with van der Waals surface area (Å²) in [6, 6.07) is 17.8. The zero-order valence-corrected chi connectivity index (χ0v) is 13.2. The van der Waals surface area contributed by atoms with Crippen LogP contribution in [0.15, 0.2) is 54.6 Å². The summed E-state index contributed by atoms with van der Waals surface area (Å²) in [5.74, 6) is 0.0259. The van der Waals surface area contributed by atoms with E-state index in [1.165, 1.54) is 6.92 Å². The second-order valence-electron chi connectivity index (χ2n) is 5.74. The lowest BCUT2D eigenvalue weighted by molar-refractivity contribution is -0.118. The quantitative estimate of drug-likeness (QED) is 0.864. The third kappa shape index (κ3) is 3.11. The van der Waals surface area contributed by atoms with E-state index in [0.717, 1.165) is 23.1 Å². The van der Waals surface area contributed by atoms with Crippen LogP contribution in [0.25, 0.3) is 0 Å². The predicted octanol–water partition coefficient (Wildman–Crippen LogP) is 2.76. The van der Waals surface area contributed by atoms with Gasteiger partial charge in [0, 0.05) is 25.6 Å². The van der Waals surface area contributed by atoms with Crippen LogP contribution in [0.1, 0.15) is 40.9 Å². The van der Waals surface area contributed by atoms with E-state index in [0.29, 0.717) is 13.1 Å². The van der Waals surface area contributed by atoms with E-state index in [1.54, 1.807) is 0 Å². The van der Waals surface area contributed by atoms with Crippen molar-refractivity contribution in [1.82, 2.24) is 10.2 Å². The fourth-order valence-electron chi connectivity index (χ4n) is 3.11. The topological polar surface area (TPSA) is 49.4 Å². The van der Waals surface area contributed by atoms with Gasteiger partial charge in [0.2, 0.25) is 5.91 Å². The summed E-state index contributed by atoms with van der Waals surface area (Å²) in [4.78, 5) is 25.6. The molecule has 1 unspecified atom stereocenters. The van der Waals surface area contributed by atoms with E-state index in [9.17, 15) is 9.59 Å². The van der Waals surface area contributed by atoms with Crippen LogP contribution < -0.4 is 5.32 Å². The van der Waals surface area contributed by atoms with E-state index in [-0.39, 0.29) is 17.9 Å². The van der Waals surface area contributed by atoms with E-state index in [2.05, 4.69) is 17.4 Å². The molecule has 4 heteroatoms. The predicted molar refractivity (Wildman–Crippen MR) is 89.1 cm³/mol. The molecule has 1 N–H and O–H groups in total. The van der Waals surface area contributed by atoms with Gasteiger partial charge < -0.3 is 10.2 Å². The standard InChI is InChI=1S/C19H20N2O2/c1-14(22)20-12-7-13-21-18(15-8-3-2-4-9-15)16-10-5-6-11-17(16)19(21)23/h2-6,8-11,18H,7,12-13H2,1H3,(H,20,22). The Kier molecular flexibility index (Phi) is 4.42. The first-order valence-electron chi connectivity index (χ1n) is 7.88. The van der Waals surface area contributed by atoms with Crippen molar-refractivity contribution in [2.75, 3.05) is 13.1 Å². The minimum absolute atomic E-state index is 0.0411. The molecule has 1 heterocycles. The number of nitrogens with zero attached hydrogens (tertiary/aromatic N) is 1. The first kappa shape index (κ1) is 15.3. The van der Waals surface area contributed by atoms with E-state index >= 15 is 0 Å². The minimum atomic E-state index is -0.0442. The van der Waals surface area contributed by atoms with E-state index in [1.807, 2.05) is 47.4 Å². The smallest absolute Gasteiger partial charge is 0.255 e. The molecular weight excluding hydrogens is 288 g/mol. The van der Waals surface area contributed by atoms with Crippen molar-refractivity contribution < 1.29 is 9.59 Å². The van der Waals surface area contributed by atoms with Gasteiger partial charge in [-0.3, -0.25) is 9.59 Å². The highest BCUT2D eigenvalue weighted by molar-refractivity contribution is 5.99. The molecule has 1 atom stereocenters. The highest BCUT2D eigenvalue weighted by atomic mass is 16.2. The molecule has 1 aliphatic rings. The molecule has 0 saturated heterocycles. The molecule has 23 heavy (non-hydrogen) atoms. The zero-order valence-electron chi connectivity index (χ0n) is 13.2. The Morgan fingerprint density at radius 3 is 2.52 bits per heavy atom. The highest BCUT2D eigenvalue weighted by Crippen LogP contribution is 2.38. The van der Waals surface area contributed by atoms with Crippen molar-refractivity contribution in [3.05, 3.63) is 71.3 Å². The Hall–Kier alpha value is -2.62. The van der Waals surface area contributed by atoms with Crippen molar-refractivity contribution in [2.24, 2.45) is 0 Å². The van der Waals surface area contributed by atoms with Crippen LogP contribution in [0.2, 0.25) is 0 Å². The van der Waals surface area contributed by atoms with Crippen LogP contribution in [-0.4, -0.2) is 29.8 Å². The molecule has 0 fully saturated rings. The van der Waals surface area contributed by atoms with Crippen molar-refractivity contribution in [1.29, 1.82) is 0 Å². The maximum Gasteiger partial charge on any atom is 0.255 e. The SMILES string of the molecule is CC(=O)NCCCN1C(=O)c2ccccc2C1c1ccccc1. The molecule has 2 aromatic rings. The maximum absolute atomic E-state index is 12.7. The minimum Gasteiger partial charge on any atom is -0.356 e. The molecule has 0 spiro atoms. The molecule has 1 aliphatic heterocycles. The van der Waals surface area contributed by atoms with E-state index in [4.69, 9.17) is 0 Å². The van der Waals surface area contributed by atoms with Crippen molar-refractivity contribution in [3.8, 4) is 0 Å². The second-order valence-corrected chi connectivity index (χ2v) is 5.74. The Balaban J connectivity index is 1.85. The Morgan fingerprint density at radius 2 is 1.78 bits per heavy atom. The summed E-state index contributed by atoms with van der Waals surface area (Å²) < 4.78 is 0. The highest BCUT2D eigenvalue weighted by Gasteiger charge is 2.36. The lowest BCUT2D eigenvalue weighted by Crippen LogP contribution is -2.32. The summed E-state index contributed by atoms with van der Waals surface area (Å²) >= 11 is 0. The van der Waals surface area contributed by atoms with Crippen LogP contribution >= 0.6 is 0 Å². The van der Waals surface area contributed by atoms with Gasteiger partial charge in [0.1, 0.15) is 0 Å². The van der Waals surface area contributed by atoms with Gasteiger partial charge in [-0.05, 0) is 23.6 Å². The van der Waals surface area contributed by atoms with E-state index < -0.39 is 0 Å². The molecule has 0 aliphatic carbocycles. The van der Waals surface area contributed by atoms with Crippen LogP contribution in [0.3, 0.4) is 0 Å². The van der Waals surface area contributed by atoms with Crippen molar-refractivity contribution >= 4 is 11.8 Å². The number of carbonyl (C=O) groups excluding carboxylic acids is 2. The van der Waals surface area contributed by atoms with Crippen LogP contribution in [-0.2, 0) is 4.79 Å². The molecule has 0 radical (unpaired) electrons. The van der Waals surface area contributed by atoms with Gasteiger partial charge in [0.15, 0.2) is 0 Å². The van der Waals surface area contributed by atoms with Gasteiger partial charge in [0.25, 0.3) is 5.91 Å². The summed E-state index contributed by atoms with van der Waals surface area (Å²) in [6.07, 6.45) is 0.739. The Morgan fingerprint density at radius 1 is 1.09 bits per heavy atom. The van der Waals surface area contributed by atoms with Crippen LogP contribution in [0, 0.1) is 0 Å². The molecule has 2 aromatic carbocycles. The normalized spacial score (nSPS) is 16.3. The number of benzene rings is 2. The molecule has 2 amide bonds. The fraction of sp³-hybridized carbons (Fsp3) is 0.263. The number of rotatable bonds is 5. The molecule has 3 rings (SSSR count). The van der Waals surface area contributed by atoms with Crippen LogP contribution in [0.5, 0.6) is 0 Å².